The SMILES string of the molecule is C/C(F)=C(/Br)C(=O)N(C=O)CCCCCC(=O)O. The number of amides is 2. The lowest BCUT2D eigenvalue weighted by Crippen LogP contribution is -2.30. The van der Waals surface area contributed by atoms with Crippen LogP contribution in [0.2, 0.25) is 0 Å². The van der Waals surface area contributed by atoms with Gasteiger partial charge in [-0.2, -0.15) is 0 Å². The first-order valence-electron chi connectivity index (χ1n) is 5.40. The summed E-state index contributed by atoms with van der Waals surface area (Å²) in [6.45, 7) is 1.25. The van der Waals surface area contributed by atoms with Gasteiger partial charge in [-0.25, -0.2) is 4.39 Å². The third-order valence-corrected chi connectivity index (χ3v) is 3.05. The number of carboxylic acid groups (broad SMARTS) is 1. The van der Waals surface area contributed by atoms with Gasteiger partial charge >= 0.3 is 5.97 Å². The number of carboxylic acids is 1. The zero-order chi connectivity index (χ0) is 14.1. The van der Waals surface area contributed by atoms with Gasteiger partial charge in [0.05, 0.1) is 0 Å². The lowest BCUT2D eigenvalue weighted by molar-refractivity contribution is -0.138. The van der Waals surface area contributed by atoms with E-state index in [1.54, 1.807) is 0 Å². The molecule has 0 aliphatic carbocycles. The molecule has 5 nitrogen and oxygen atoms in total. The van der Waals surface area contributed by atoms with E-state index in [4.69, 9.17) is 5.11 Å². The Balaban J connectivity index is 4.13. The molecular formula is C11H15BrFNO4. The molecule has 0 aromatic rings. The van der Waals surface area contributed by atoms with Crippen molar-refractivity contribution in [3.8, 4) is 0 Å². The van der Waals surface area contributed by atoms with Crippen molar-refractivity contribution in [3.05, 3.63) is 10.3 Å². The van der Waals surface area contributed by atoms with Crippen molar-refractivity contribution in [2.75, 3.05) is 6.54 Å². The molecular weight excluding hydrogens is 309 g/mol. The van der Waals surface area contributed by atoms with E-state index in [9.17, 15) is 18.8 Å². The number of unbranched alkanes of at least 4 members (excludes halogenated alkanes) is 2. The van der Waals surface area contributed by atoms with Crippen LogP contribution < -0.4 is 0 Å². The average molecular weight is 324 g/mol. The van der Waals surface area contributed by atoms with Gasteiger partial charge in [-0.15, -0.1) is 0 Å². The number of nitrogens with zero attached hydrogens (tertiary/aromatic N) is 1. The smallest absolute Gasteiger partial charge is 0.303 e. The predicted octanol–water partition coefficient (Wildman–Crippen LogP) is 2.21. The highest BCUT2D eigenvalue weighted by molar-refractivity contribution is 9.12. The fourth-order valence-corrected chi connectivity index (χ4v) is 1.44. The Bertz CT molecular complexity index is 353. The van der Waals surface area contributed by atoms with Crippen molar-refractivity contribution in [1.82, 2.24) is 4.90 Å². The molecule has 0 aliphatic heterocycles. The van der Waals surface area contributed by atoms with Gasteiger partial charge in [0.1, 0.15) is 10.3 Å². The largest absolute Gasteiger partial charge is 0.481 e. The lowest BCUT2D eigenvalue weighted by Gasteiger charge is -2.14. The number of imide groups is 1. The molecule has 0 saturated heterocycles. The minimum absolute atomic E-state index is 0.0578. The summed E-state index contributed by atoms with van der Waals surface area (Å²) < 4.78 is 12.5. The van der Waals surface area contributed by atoms with Crippen LogP contribution in [0.1, 0.15) is 32.6 Å². The first-order valence-corrected chi connectivity index (χ1v) is 6.19. The first-order chi connectivity index (χ1) is 8.40. The van der Waals surface area contributed by atoms with Crippen LogP contribution in [0, 0.1) is 0 Å². The van der Waals surface area contributed by atoms with Crippen LogP contribution >= 0.6 is 15.9 Å². The molecule has 0 atom stereocenters. The van der Waals surface area contributed by atoms with E-state index in [1.165, 1.54) is 0 Å². The maximum Gasteiger partial charge on any atom is 0.303 e. The molecule has 0 heterocycles. The summed E-state index contributed by atoms with van der Waals surface area (Å²) in [5, 5.41) is 8.42. The van der Waals surface area contributed by atoms with Crippen LogP contribution in [0.4, 0.5) is 4.39 Å². The highest BCUT2D eigenvalue weighted by Crippen LogP contribution is 2.16. The van der Waals surface area contributed by atoms with Gasteiger partial charge in [-0.1, -0.05) is 6.42 Å². The maximum absolute atomic E-state index is 12.8. The molecule has 1 N–H and O–H groups in total. The van der Waals surface area contributed by atoms with Crippen LogP contribution in [0.15, 0.2) is 10.3 Å². The Morgan fingerprint density at radius 1 is 1.33 bits per heavy atom. The van der Waals surface area contributed by atoms with Crippen molar-refractivity contribution in [2.45, 2.75) is 32.6 Å². The number of hydrogen-bond acceptors (Lipinski definition) is 3. The number of carbonyl (C=O) groups excluding carboxylic acids is 2. The summed E-state index contributed by atoms with van der Waals surface area (Å²) >= 11 is 2.77. The second kappa shape index (κ2) is 8.79. The molecule has 0 saturated carbocycles. The zero-order valence-corrected chi connectivity index (χ0v) is 11.6. The number of hydrogen-bond donors (Lipinski definition) is 1. The van der Waals surface area contributed by atoms with Crippen molar-refractivity contribution in [3.63, 3.8) is 0 Å². The van der Waals surface area contributed by atoms with Crippen molar-refractivity contribution < 1.29 is 23.9 Å². The van der Waals surface area contributed by atoms with Crippen LogP contribution in [0.5, 0.6) is 0 Å². The molecule has 0 radical (unpaired) electrons. The number of rotatable bonds is 8. The van der Waals surface area contributed by atoms with Crippen LogP contribution in [-0.2, 0) is 14.4 Å². The van der Waals surface area contributed by atoms with E-state index in [1.807, 2.05) is 0 Å². The van der Waals surface area contributed by atoms with Gasteiger partial charge < -0.3 is 5.11 Å². The van der Waals surface area contributed by atoms with E-state index < -0.39 is 17.7 Å². The van der Waals surface area contributed by atoms with Gasteiger partial charge in [-0.3, -0.25) is 19.3 Å². The summed E-state index contributed by atoms with van der Waals surface area (Å²) in [5.41, 5.74) is 0. The number of aliphatic carboxylic acids is 1. The second-order valence-corrected chi connectivity index (χ2v) is 4.45. The van der Waals surface area contributed by atoms with Gasteiger partial charge in [0.25, 0.3) is 5.91 Å². The molecule has 0 fully saturated rings. The summed E-state index contributed by atoms with van der Waals surface area (Å²) in [7, 11) is 0. The quantitative estimate of drug-likeness (QED) is 0.422. The van der Waals surface area contributed by atoms with Crippen molar-refractivity contribution in [2.24, 2.45) is 0 Å². The monoisotopic (exact) mass is 323 g/mol. The highest BCUT2D eigenvalue weighted by Gasteiger charge is 2.17. The van der Waals surface area contributed by atoms with Gasteiger partial charge in [0.15, 0.2) is 0 Å². The molecule has 102 valence electrons. The minimum Gasteiger partial charge on any atom is -0.481 e. The fourth-order valence-electron chi connectivity index (χ4n) is 1.21. The van der Waals surface area contributed by atoms with Gasteiger partial charge in [-0.05, 0) is 35.7 Å². The standard InChI is InChI=1S/C11H15BrFNO4/c1-8(13)10(12)11(18)14(7-15)6-4-2-3-5-9(16)17/h7H,2-6H2,1H3,(H,16,17)/b10-8-. The molecule has 18 heavy (non-hydrogen) atoms. The number of carbonyl (C=O) groups is 3. The van der Waals surface area contributed by atoms with Crippen molar-refractivity contribution >= 4 is 34.2 Å². The molecule has 7 heteroatoms. The molecule has 0 rings (SSSR count). The topological polar surface area (TPSA) is 74.7 Å². The summed E-state index contributed by atoms with van der Waals surface area (Å²) in [4.78, 5) is 33.3. The molecule has 0 aromatic heterocycles. The Morgan fingerprint density at radius 2 is 1.94 bits per heavy atom. The van der Waals surface area contributed by atoms with E-state index in [0.717, 1.165) is 11.8 Å². The Labute approximate surface area is 113 Å². The summed E-state index contributed by atoms with van der Waals surface area (Å²) in [6.07, 6.45) is 1.95. The normalized spacial score (nSPS) is 11.7. The molecule has 0 unspecified atom stereocenters. The van der Waals surface area contributed by atoms with Crippen LogP contribution in [-0.4, -0.2) is 34.8 Å². The number of halogens is 2. The van der Waals surface area contributed by atoms with Crippen LogP contribution in [0.25, 0.3) is 0 Å². The lowest BCUT2D eigenvalue weighted by atomic mass is 10.2. The molecule has 0 aromatic carbocycles. The van der Waals surface area contributed by atoms with Crippen LogP contribution in [0.3, 0.4) is 0 Å². The van der Waals surface area contributed by atoms with Gasteiger partial charge in [0, 0.05) is 13.0 Å². The number of allylic oxidation sites excluding steroid dienone is 1. The Morgan fingerprint density at radius 3 is 2.39 bits per heavy atom. The molecule has 0 bridgehead atoms. The summed E-state index contributed by atoms with van der Waals surface area (Å²) in [5.74, 6) is -2.31. The van der Waals surface area contributed by atoms with Gasteiger partial charge in [0.2, 0.25) is 6.41 Å². The highest BCUT2D eigenvalue weighted by atomic mass is 79.9. The molecule has 0 spiro atoms. The third-order valence-electron chi connectivity index (χ3n) is 2.17. The minimum atomic E-state index is -0.878. The van der Waals surface area contributed by atoms with E-state index in [2.05, 4.69) is 15.9 Å². The summed E-state index contributed by atoms with van der Waals surface area (Å²) in [6, 6.07) is 0. The molecule has 0 aliphatic rings. The Kier molecular flexibility index (Phi) is 8.19. The maximum atomic E-state index is 12.8. The predicted molar refractivity (Wildman–Crippen MR) is 66.6 cm³/mol. The second-order valence-electron chi connectivity index (χ2n) is 3.66. The third kappa shape index (κ3) is 6.48. The first kappa shape index (κ1) is 16.8. The molecule has 2 amide bonds. The van der Waals surface area contributed by atoms with E-state index >= 15 is 0 Å². The van der Waals surface area contributed by atoms with E-state index in [0.29, 0.717) is 25.7 Å². The average Bonchev–Trinajstić information content (AvgIpc) is 2.31. The fraction of sp³-hybridized carbons (Fsp3) is 0.545. The van der Waals surface area contributed by atoms with Crippen molar-refractivity contribution in [1.29, 1.82) is 0 Å². The Hall–Kier alpha value is -1.24. The van der Waals surface area contributed by atoms with E-state index in [-0.39, 0.29) is 17.4 Å². The zero-order valence-electron chi connectivity index (χ0n) is 9.99.